The summed E-state index contributed by atoms with van der Waals surface area (Å²) < 4.78 is 0. The minimum absolute atomic E-state index is 0. The maximum Gasteiger partial charge on any atom is 1.00 e. The molecule has 6 rings (SSSR count). The van der Waals surface area contributed by atoms with Crippen LogP contribution in [0.1, 0.15) is 33.4 Å². The summed E-state index contributed by atoms with van der Waals surface area (Å²) in [7, 11) is 0. The summed E-state index contributed by atoms with van der Waals surface area (Å²) >= 11 is 0. The number of rotatable bonds is 8. The average molecular weight is 945 g/mol. The third-order valence-electron chi connectivity index (χ3n) is 6.87. The van der Waals surface area contributed by atoms with E-state index in [-0.39, 0.29) is 44.8 Å². The Kier molecular flexibility index (Phi) is 35.3. The van der Waals surface area contributed by atoms with Crippen LogP contribution in [0, 0.1) is 0 Å². The number of nitrogens with two attached hydrogens (primary N) is 4. The summed E-state index contributed by atoms with van der Waals surface area (Å²) in [5.74, 6) is 0. The summed E-state index contributed by atoms with van der Waals surface area (Å²) in [6.07, 6.45) is -2.48. The molecule has 10 N–H and O–H groups in total. The van der Waals surface area contributed by atoms with Crippen LogP contribution in [0.15, 0.2) is 182 Å². The van der Waals surface area contributed by atoms with Gasteiger partial charge in [0.25, 0.3) is 0 Å². The third-order valence-corrected chi connectivity index (χ3v) is 6.87. The number of nitrogens with one attached hydrogen (secondary N) is 2. The number of hydrogen-bond acceptors (Lipinski definition) is 8. The van der Waals surface area contributed by atoms with E-state index in [9.17, 15) is 19.8 Å². The SMILES string of the molecule is NCc1ccccc1.NCc1ccccc1.NCc1ccccc1.NCc1ccccc1.O=C([O-])NCc1ccccc1.O=C([O-])NCc1ccccc1.[Ag+].[Ag+]. The van der Waals surface area contributed by atoms with Gasteiger partial charge in [0, 0.05) is 39.3 Å². The van der Waals surface area contributed by atoms with Gasteiger partial charge in [-0.25, -0.2) is 0 Å². The van der Waals surface area contributed by atoms with Crippen LogP contribution in [0.4, 0.5) is 9.59 Å². The van der Waals surface area contributed by atoms with Gasteiger partial charge in [0.15, 0.2) is 0 Å². The minimum Gasteiger partial charge on any atom is -0.530 e. The molecule has 0 aliphatic rings. The van der Waals surface area contributed by atoms with Crippen molar-refractivity contribution in [3.8, 4) is 0 Å². The average Bonchev–Trinajstić information content (AvgIpc) is 3.25. The van der Waals surface area contributed by atoms with E-state index in [1.165, 1.54) is 22.3 Å². The second-order valence-corrected chi connectivity index (χ2v) is 11.0. The Morgan fingerprint density at radius 3 is 0.625 bits per heavy atom. The van der Waals surface area contributed by atoms with Gasteiger partial charge in [-0.05, 0) is 33.4 Å². The van der Waals surface area contributed by atoms with Gasteiger partial charge < -0.3 is 53.4 Å². The maximum atomic E-state index is 9.95. The topological polar surface area (TPSA) is 208 Å². The van der Waals surface area contributed by atoms with E-state index in [4.69, 9.17) is 22.9 Å². The van der Waals surface area contributed by atoms with E-state index >= 15 is 0 Å². The molecular formula is C44H52Ag2N6O4. The molecule has 6 aromatic carbocycles. The number of amides is 2. The van der Waals surface area contributed by atoms with E-state index in [1.54, 1.807) is 0 Å². The van der Waals surface area contributed by atoms with Gasteiger partial charge in [0.2, 0.25) is 0 Å². The predicted molar refractivity (Wildman–Crippen MR) is 215 cm³/mol. The minimum atomic E-state index is -1.24. The van der Waals surface area contributed by atoms with Crippen LogP contribution in [-0.4, -0.2) is 12.2 Å². The molecule has 0 aromatic heterocycles. The van der Waals surface area contributed by atoms with Gasteiger partial charge in [0.05, 0.1) is 0 Å². The second kappa shape index (κ2) is 37.1. The summed E-state index contributed by atoms with van der Waals surface area (Å²) in [6.45, 7) is 3.18. The molecule has 0 atom stereocenters. The molecule has 0 spiro atoms. The monoisotopic (exact) mass is 942 g/mol. The zero-order valence-electron chi connectivity index (χ0n) is 31.1. The molecule has 0 aliphatic heterocycles. The van der Waals surface area contributed by atoms with Crippen LogP contribution in [0.3, 0.4) is 0 Å². The van der Waals surface area contributed by atoms with Crippen LogP contribution >= 0.6 is 0 Å². The van der Waals surface area contributed by atoms with Crippen molar-refractivity contribution < 1.29 is 64.6 Å². The van der Waals surface area contributed by atoms with Crippen molar-refractivity contribution in [1.29, 1.82) is 0 Å². The largest absolute Gasteiger partial charge is 1.00 e. The number of carbonyl (C=O) groups is 2. The van der Waals surface area contributed by atoms with E-state index in [2.05, 4.69) is 10.6 Å². The number of carboxylic acid groups (broad SMARTS) is 2. The molecule has 304 valence electrons. The van der Waals surface area contributed by atoms with Gasteiger partial charge in [-0.1, -0.05) is 182 Å². The van der Waals surface area contributed by atoms with E-state index in [0.29, 0.717) is 39.3 Å². The van der Waals surface area contributed by atoms with Crippen molar-refractivity contribution in [3.05, 3.63) is 215 Å². The molecular weight excluding hydrogens is 892 g/mol. The summed E-state index contributed by atoms with van der Waals surface area (Å²) in [4.78, 5) is 19.9. The summed E-state index contributed by atoms with van der Waals surface area (Å²) in [6, 6.07) is 58.5. The molecule has 12 heteroatoms. The van der Waals surface area contributed by atoms with Crippen molar-refractivity contribution in [2.45, 2.75) is 39.3 Å². The van der Waals surface area contributed by atoms with Gasteiger partial charge in [-0.15, -0.1) is 0 Å². The molecule has 56 heavy (non-hydrogen) atoms. The molecule has 0 heterocycles. The van der Waals surface area contributed by atoms with Gasteiger partial charge in [-0.3, -0.25) is 0 Å². The molecule has 0 fully saturated rings. The molecule has 0 bridgehead atoms. The van der Waals surface area contributed by atoms with Crippen molar-refractivity contribution in [2.75, 3.05) is 0 Å². The van der Waals surface area contributed by atoms with Gasteiger partial charge in [-0.2, -0.15) is 0 Å². The zero-order chi connectivity index (χ0) is 39.5. The fourth-order valence-corrected chi connectivity index (χ4v) is 4.00. The molecule has 0 unspecified atom stereocenters. The number of carbonyl (C=O) groups excluding carboxylic acids is 2. The molecule has 0 saturated heterocycles. The smallest absolute Gasteiger partial charge is 0.530 e. The van der Waals surface area contributed by atoms with Crippen molar-refractivity contribution in [3.63, 3.8) is 0 Å². The van der Waals surface area contributed by atoms with Gasteiger partial charge in [0.1, 0.15) is 12.2 Å². The van der Waals surface area contributed by atoms with Gasteiger partial charge >= 0.3 is 44.8 Å². The first-order valence-electron chi connectivity index (χ1n) is 17.2. The summed E-state index contributed by atoms with van der Waals surface area (Å²) in [5, 5.41) is 24.2. The van der Waals surface area contributed by atoms with E-state index in [1.807, 2.05) is 182 Å². The second-order valence-electron chi connectivity index (χ2n) is 11.0. The Labute approximate surface area is 362 Å². The Bertz CT molecular complexity index is 1540. The maximum absolute atomic E-state index is 9.95. The van der Waals surface area contributed by atoms with E-state index < -0.39 is 12.2 Å². The number of hydrogen-bond donors (Lipinski definition) is 6. The first-order chi connectivity index (χ1) is 26.3. The normalized spacial score (nSPS) is 8.79. The van der Waals surface area contributed by atoms with Crippen molar-refractivity contribution in [2.24, 2.45) is 22.9 Å². The Balaban J connectivity index is 0. The molecule has 10 nitrogen and oxygen atoms in total. The first kappa shape index (κ1) is 53.3. The van der Waals surface area contributed by atoms with Crippen LogP contribution in [-0.2, 0) is 84.0 Å². The van der Waals surface area contributed by atoms with Crippen molar-refractivity contribution in [1.82, 2.24) is 10.6 Å². The number of benzene rings is 6. The van der Waals surface area contributed by atoms with Crippen LogP contribution in [0.5, 0.6) is 0 Å². The first-order valence-corrected chi connectivity index (χ1v) is 17.2. The van der Waals surface area contributed by atoms with E-state index in [0.717, 1.165) is 11.1 Å². The van der Waals surface area contributed by atoms with Crippen molar-refractivity contribution >= 4 is 12.2 Å². The zero-order valence-corrected chi connectivity index (χ0v) is 34.1. The Morgan fingerprint density at radius 1 is 0.339 bits per heavy atom. The Hall–Kier alpha value is -4.82. The molecule has 2 amide bonds. The quantitative estimate of drug-likeness (QED) is 0.116. The predicted octanol–water partition coefficient (Wildman–Crippen LogP) is 4.82. The van der Waals surface area contributed by atoms with Crippen LogP contribution < -0.4 is 43.8 Å². The molecule has 0 radical (unpaired) electrons. The third kappa shape index (κ3) is 30.5. The Morgan fingerprint density at radius 2 is 0.500 bits per heavy atom. The molecule has 0 aliphatic carbocycles. The molecule has 6 aromatic rings. The standard InChI is InChI=1S/2C8H9NO2.4C7H9N.2Ag/c2*10-8(11)9-6-7-4-2-1-3-5-7;4*8-6-7-4-2-1-3-5-7;;/h2*1-5,9H,6H2,(H,10,11);4*1-5H,6,8H2;;/q;;;;;;2*+1/p-2. The van der Waals surface area contributed by atoms with Crippen LogP contribution in [0.2, 0.25) is 0 Å². The fourth-order valence-electron chi connectivity index (χ4n) is 4.00. The fraction of sp³-hybridized carbons (Fsp3) is 0.136. The van der Waals surface area contributed by atoms with Crippen LogP contribution in [0.25, 0.3) is 0 Å². The summed E-state index contributed by atoms with van der Waals surface area (Å²) in [5.41, 5.74) is 28.0. The molecule has 0 saturated carbocycles.